The molecule has 0 saturated carbocycles. The molecular weight excluding hydrogens is 452 g/mol. The first-order valence-electron chi connectivity index (χ1n) is 10.6. The second kappa shape index (κ2) is 9.50. The molecule has 2 aromatic rings. The smallest absolute Gasteiger partial charge is 0.262 e. The number of carbonyl (C=O) groups excluding carboxylic acids is 2. The number of amides is 2. The van der Waals surface area contributed by atoms with Crippen LogP contribution in [0, 0.1) is 0 Å². The molecule has 0 bridgehead atoms. The number of aryl methyl sites for hydroxylation is 1. The fraction of sp³-hybridized carbons (Fsp3) is 0.455. The Labute approximate surface area is 191 Å². The fourth-order valence-corrected chi connectivity index (χ4v) is 7.08. The van der Waals surface area contributed by atoms with Gasteiger partial charge in [0.15, 0.2) is 27.9 Å². The number of ether oxygens (including phenoxy) is 2. The summed E-state index contributed by atoms with van der Waals surface area (Å²) in [7, 11) is -1.58. The van der Waals surface area contributed by atoms with Gasteiger partial charge in [0.1, 0.15) is 5.00 Å². The van der Waals surface area contributed by atoms with Gasteiger partial charge in [0.05, 0.1) is 24.2 Å². The van der Waals surface area contributed by atoms with Crippen molar-refractivity contribution in [2.24, 2.45) is 0 Å². The Morgan fingerprint density at radius 2 is 1.91 bits per heavy atom. The molecule has 1 saturated heterocycles. The molecule has 8 nitrogen and oxygen atoms in total. The Kier molecular flexibility index (Phi) is 6.71. The van der Waals surface area contributed by atoms with E-state index in [1.807, 2.05) is 6.07 Å². The zero-order valence-corrected chi connectivity index (χ0v) is 19.4. The molecular formula is C22H26N2O6S2. The molecule has 0 radical (unpaired) electrons. The zero-order chi connectivity index (χ0) is 22.7. The summed E-state index contributed by atoms with van der Waals surface area (Å²) in [4.78, 5) is 26.8. The number of carbonyl (C=O) groups is 2. The molecule has 10 heteroatoms. The number of benzene rings is 1. The van der Waals surface area contributed by atoms with Crippen LogP contribution < -0.4 is 20.1 Å². The predicted molar refractivity (Wildman–Crippen MR) is 123 cm³/mol. The third kappa shape index (κ3) is 5.07. The van der Waals surface area contributed by atoms with Crippen molar-refractivity contribution in [2.75, 3.05) is 30.5 Å². The monoisotopic (exact) mass is 478 g/mol. The molecule has 1 aliphatic heterocycles. The fourth-order valence-electron chi connectivity index (χ4n) is 4.10. The van der Waals surface area contributed by atoms with Crippen LogP contribution in [0.3, 0.4) is 0 Å². The van der Waals surface area contributed by atoms with Crippen LogP contribution in [0.5, 0.6) is 11.5 Å². The lowest BCUT2D eigenvalue weighted by molar-refractivity contribution is -0.118. The van der Waals surface area contributed by atoms with E-state index in [4.69, 9.17) is 9.47 Å². The Morgan fingerprint density at radius 3 is 2.62 bits per heavy atom. The first kappa shape index (κ1) is 22.6. The van der Waals surface area contributed by atoms with E-state index in [-0.39, 0.29) is 29.9 Å². The molecule has 1 fully saturated rings. The van der Waals surface area contributed by atoms with E-state index >= 15 is 0 Å². The Hall–Kier alpha value is -2.59. The molecule has 2 N–H and O–H groups in total. The van der Waals surface area contributed by atoms with Crippen LogP contribution in [0.15, 0.2) is 24.3 Å². The molecule has 172 valence electrons. The van der Waals surface area contributed by atoms with Crippen molar-refractivity contribution in [1.29, 1.82) is 0 Å². The van der Waals surface area contributed by atoms with E-state index in [1.54, 1.807) is 18.2 Å². The minimum absolute atomic E-state index is 0.0422. The molecule has 0 spiro atoms. The van der Waals surface area contributed by atoms with Gasteiger partial charge in [-0.1, -0.05) is 12.1 Å². The number of fused-ring (bicyclic) bond motifs is 1. The average Bonchev–Trinajstić information content (AvgIpc) is 3.30. The third-order valence-corrected chi connectivity index (χ3v) is 8.62. The number of thiophene rings is 1. The van der Waals surface area contributed by atoms with Crippen LogP contribution in [0.4, 0.5) is 5.00 Å². The van der Waals surface area contributed by atoms with Gasteiger partial charge in [-0.2, -0.15) is 0 Å². The highest BCUT2D eigenvalue weighted by Crippen LogP contribution is 2.38. The van der Waals surface area contributed by atoms with E-state index < -0.39 is 15.9 Å². The molecule has 1 atom stereocenters. The highest BCUT2D eigenvalue weighted by atomic mass is 32.2. The van der Waals surface area contributed by atoms with Crippen LogP contribution in [0.2, 0.25) is 0 Å². The number of rotatable bonds is 7. The number of para-hydroxylation sites is 2. The molecule has 2 aliphatic rings. The summed E-state index contributed by atoms with van der Waals surface area (Å²) in [6.07, 6.45) is 4.07. The molecule has 1 aromatic heterocycles. The Morgan fingerprint density at radius 1 is 1.16 bits per heavy atom. The number of anilines is 1. The molecule has 4 rings (SSSR count). The second-order valence-corrected chi connectivity index (χ2v) is 11.3. The summed E-state index contributed by atoms with van der Waals surface area (Å²) in [5, 5.41) is 6.18. The van der Waals surface area contributed by atoms with Gasteiger partial charge < -0.3 is 20.1 Å². The van der Waals surface area contributed by atoms with E-state index in [1.165, 1.54) is 18.4 Å². The first-order chi connectivity index (χ1) is 15.4. The van der Waals surface area contributed by atoms with Crippen molar-refractivity contribution >= 4 is 38.0 Å². The largest absolute Gasteiger partial charge is 0.493 e. The quantitative estimate of drug-likeness (QED) is 0.633. The Bertz CT molecular complexity index is 1130. The van der Waals surface area contributed by atoms with Crippen LogP contribution in [-0.4, -0.2) is 51.5 Å². The van der Waals surface area contributed by atoms with Crippen LogP contribution in [0.25, 0.3) is 0 Å². The van der Waals surface area contributed by atoms with Gasteiger partial charge in [0, 0.05) is 10.9 Å². The van der Waals surface area contributed by atoms with Crippen molar-refractivity contribution in [2.45, 2.75) is 38.1 Å². The number of nitrogens with one attached hydrogen (secondary N) is 2. The van der Waals surface area contributed by atoms with Crippen molar-refractivity contribution in [3.8, 4) is 11.5 Å². The molecule has 1 aromatic carbocycles. The number of sulfone groups is 1. The molecule has 2 amide bonds. The summed E-state index contributed by atoms with van der Waals surface area (Å²) >= 11 is 1.41. The summed E-state index contributed by atoms with van der Waals surface area (Å²) in [6, 6.07) is 6.65. The number of methoxy groups -OCH3 is 1. The van der Waals surface area contributed by atoms with Crippen molar-refractivity contribution in [3.63, 3.8) is 0 Å². The van der Waals surface area contributed by atoms with E-state index in [2.05, 4.69) is 10.6 Å². The highest BCUT2D eigenvalue weighted by molar-refractivity contribution is 7.91. The SMILES string of the molecule is COc1ccccc1OCC(=O)Nc1sc2c(c1C(=O)NC1CCS(=O)(=O)C1)CCCC2. The van der Waals surface area contributed by atoms with Gasteiger partial charge in [-0.3, -0.25) is 9.59 Å². The van der Waals surface area contributed by atoms with Crippen molar-refractivity contribution in [3.05, 3.63) is 40.3 Å². The minimum atomic E-state index is -3.10. The number of hydrogen-bond acceptors (Lipinski definition) is 7. The van der Waals surface area contributed by atoms with Crippen molar-refractivity contribution < 1.29 is 27.5 Å². The van der Waals surface area contributed by atoms with Crippen LogP contribution in [0.1, 0.15) is 40.1 Å². The summed E-state index contributed by atoms with van der Waals surface area (Å²) in [6.45, 7) is -0.231. The van der Waals surface area contributed by atoms with Gasteiger partial charge in [0.2, 0.25) is 0 Å². The highest BCUT2D eigenvalue weighted by Gasteiger charge is 2.32. The van der Waals surface area contributed by atoms with Gasteiger partial charge in [-0.25, -0.2) is 8.42 Å². The zero-order valence-electron chi connectivity index (χ0n) is 17.8. The average molecular weight is 479 g/mol. The Balaban J connectivity index is 1.49. The topological polar surface area (TPSA) is 111 Å². The maximum Gasteiger partial charge on any atom is 0.262 e. The first-order valence-corrected chi connectivity index (χ1v) is 13.2. The predicted octanol–water partition coefficient (Wildman–Crippen LogP) is 2.57. The standard InChI is InChI=1S/C22H26N2O6S2/c1-29-16-7-3-4-8-17(16)30-12-19(25)24-22-20(15-6-2-5-9-18(15)31-22)21(26)23-14-10-11-32(27,28)13-14/h3-4,7-8,14H,2,5-6,9-13H2,1H3,(H,23,26)(H,24,25). The minimum Gasteiger partial charge on any atom is -0.493 e. The second-order valence-electron chi connectivity index (χ2n) is 7.98. The number of hydrogen-bond donors (Lipinski definition) is 2. The molecule has 1 aliphatic carbocycles. The molecule has 32 heavy (non-hydrogen) atoms. The summed E-state index contributed by atoms with van der Waals surface area (Å²) in [5.74, 6) is 0.317. The summed E-state index contributed by atoms with van der Waals surface area (Å²) < 4.78 is 34.3. The maximum absolute atomic E-state index is 13.1. The lowest BCUT2D eigenvalue weighted by Gasteiger charge is -2.15. The van der Waals surface area contributed by atoms with Crippen LogP contribution >= 0.6 is 11.3 Å². The van der Waals surface area contributed by atoms with Gasteiger partial charge in [-0.05, 0) is 49.8 Å². The molecule has 2 heterocycles. The molecule has 1 unspecified atom stereocenters. The lowest BCUT2D eigenvalue weighted by atomic mass is 9.95. The summed E-state index contributed by atoms with van der Waals surface area (Å²) in [5.41, 5.74) is 1.42. The van der Waals surface area contributed by atoms with Gasteiger partial charge in [-0.15, -0.1) is 11.3 Å². The van der Waals surface area contributed by atoms with E-state index in [0.717, 1.165) is 36.1 Å². The van der Waals surface area contributed by atoms with Gasteiger partial charge in [0.25, 0.3) is 11.8 Å². The lowest BCUT2D eigenvalue weighted by Crippen LogP contribution is -2.36. The van der Waals surface area contributed by atoms with Crippen LogP contribution in [-0.2, 0) is 27.5 Å². The maximum atomic E-state index is 13.1. The third-order valence-electron chi connectivity index (χ3n) is 5.65. The van der Waals surface area contributed by atoms with Gasteiger partial charge >= 0.3 is 0 Å². The van der Waals surface area contributed by atoms with E-state index in [0.29, 0.717) is 28.5 Å². The normalized spacial score (nSPS) is 19.1. The van der Waals surface area contributed by atoms with Crippen molar-refractivity contribution in [1.82, 2.24) is 5.32 Å². The van der Waals surface area contributed by atoms with E-state index in [9.17, 15) is 18.0 Å².